The molecule has 1 saturated heterocycles. The molecule has 2 aromatic carbocycles. The molecule has 0 bridgehead atoms. The third-order valence-electron chi connectivity index (χ3n) is 5.44. The quantitative estimate of drug-likeness (QED) is 0.429. The Labute approximate surface area is 174 Å². The number of pyridine rings is 1. The Morgan fingerprint density at radius 1 is 1.07 bits per heavy atom. The minimum Gasteiger partial charge on any atom is -0.356 e. The minimum absolute atomic E-state index is 0.500. The van der Waals surface area contributed by atoms with E-state index < -0.39 is 0 Å². The topological polar surface area (TPSA) is 55.1 Å². The highest BCUT2D eigenvalue weighted by atomic mass is 35.5. The van der Waals surface area contributed by atoms with Gasteiger partial charge in [-0.05, 0) is 55.2 Å². The monoisotopic (exact) mass is 404 g/mol. The molecule has 0 N–H and O–H groups in total. The van der Waals surface area contributed by atoms with Gasteiger partial charge in [-0.3, -0.25) is 0 Å². The molecule has 0 aliphatic carbocycles. The molecule has 1 aliphatic heterocycles. The van der Waals surface area contributed by atoms with Gasteiger partial charge >= 0.3 is 0 Å². The largest absolute Gasteiger partial charge is 0.356 e. The zero-order valence-corrected chi connectivity index (χ0v) is 16.9. The molecule has 6 heteroatoms. The zero-order valence-electron chi connectivity index (χ0n) is 16.2. The normalized spacial score (nSPS) is 17.0. The molecule has 146 valence electrons. The summed E-state index contributed by atoms with van der Waals surface area (Å²) in [6.07, 6.45) is 2.46. The fraction of sp³-hybridized carbons (Fsp3) is 0.261. The lowest BCUT2D eigenvalue weighted by molar-refractivity contribution is 0.432. The summed E-state index contributed by atoms with van der Waals surface area (Å²) < 4.78 is 5.67. The van der Waals surface area contributed by atoms with Gasteiger partial charge in [-0.2, -0.15) is 4.98 Å². The second kappa shape index (κ2) is 7.48. The average molecular weight is 405 g/mol. The van der Waals surface area contributed by atoms with Crippen LogP contribution >= 0.6 is 11.6 Å². The molecule has 0 amide bonds. The van der Waals surface area contributed by atoms with Crippen molar-refractivity contribution in [1.82, 2.24) is 15.1 Å². The molecule has 0 unspecified atom stereocenters. The smallest absolute Gasteiger partial charge is 0.259 e. The number of halogens is 1. The van der Waals surface area contributed by atoms with Crippen LogP contribution in [0.4, 0.5) is 5.82 Å². The molecule has 0 radical (unpaired) electrons. The molecule has 0 saturated carbocycles. The zero-order chi connectivity index (χ0) is 19.8. The molecular weight excluding hydrogens is 384 g/mol. The van der Waals surface area contributed by atoms with Crippen molar-refractivity contribution < 1.29 is 4.52 Å². The van der Waals surface area contributed by atoms with Crippen LogP contribution in [0.1, 0.15) is 19.8 Å². The Morgan fingerprint density at radius 2 is 1.90 bits per heavy atom. The summed E-state index contributed by atoms with van der Waals surface area (Å²) in [7, 11) is 0. The van der Waals surface area contributed by atoms with Crippen LogP contribution in [0.15, 0.2) is 59.1 Å². The van der Waals surface area contributed by atoms with Gasteiger partial charge in [-0.15, -0.1) is 0 Å². The van der Waals surface area contributed by atoms with Crippen LogP contribution in [0.25, 0.3) is 33.7 Å². The summed E-state index contributed by atoms with van der Waals surface area (Å²) in [6, 6.07) is 17.6. The van der Waals surface area contributed by atoms with E-state index in [-0.39, 0.29) is 0 Å². The Morgan fingerprint density at radius 3 is 2.72 bits per heavy atom. The lowest BCUT2D eigenvalue weighted by atomic mass is 10.00. The number of hydrogen-bond donors (Lipinski definition) is 0. The summed E-state index contributed by atoms with van der Waals surface area (Å²) in [5.41, 5.74) is 2.72. The van der Waals surface area contributed by atoms with E-state index in [1.807, 2.05) is 48.5 Å². The van der Waals surface area contributed by atoms with Crippen molar-refractivity contribution >= 4 is 28.3 Å². The lowest BCUT2D eigenvalue weighted by Crippen LogP contribution is -2.34. The molecule has 1 atom stereocenters. The maximum Gasteiger partial charge on any atom is 0.259 e. The second-order valence-electron chi connectivity index (χ2n) is 7.67. The third-order valence-corrected chi connectivity index (χ3v) is 5.69. The van der Waals surface area contributed by atoms with Gasteiger partial charge < -0.3 is 9.42 Å². The second-order valence-corrected chi connectivity index (χ2v) is 8.11. The van der Waals surface area contributed by atoms with Gasteiger partial charge in [0, 0.05) is 29.1 Å². The first-order valence-corrected chi connectivity index (χ1v) is 10.3. The number of nitrogens with zero attached hydrogens (tertiary/aromatic N) is 4. The van der Waals surface area contributed by atoms with Crippen LogP contribution in [0.5, 0.6) is 0 Å². The van der Waals surface area contributed by atoms with Crippen molar-refractivity contribution in [2.45, 2.75) is 19.8 Å². The molecule has 2 aromatic heterocycles. The van der Waals surface area contributed by atoms with E-state index >= 15 is 0 Å². The van der Waals surface area contributed by atoms with Gasteiger partial charge in [-0.25, -0.2) is 4.98 Å². The van der Waals surface area contributed by atoms with Crippen molar-refractivity contribution in [1.29, 1.82) is 0 Å². The van der Waals surface area contributed by atoms with Gasteiger partial charge in [0.05, 0.1) is 11.1 Å². The van der Waals surface area contributed by atoms with Gasteiger partial charge in [0.2, 0.25) is 5.82 Å². The summed E-state index contributed by atoms with van der Waals surface area (Å²) in [5, 5.41) is 5.88. The molecule has 29 heavy (non-hydrogen) atoms. The Bertz CT molecular complexity index is 1160. The first-order valence-electron chi connectivity index (χ1n) is 9.92. The number of anilines is 1. The molecule has 1 fully saturated rings. The third kappa shape index (κ3) is 3.58. The summed E-state index contributed by atoms with van der Waals surface area (Å²) in [4.78, 5) is 11.9. The SMILES string of the molecule is C[C@@H]1CCCN(c2cc(-c3nc(-c4ccc(Cl)cc4)no3)c3ccccc3n2)C1. The minimum atomic E-state index is 0.500. The Hall–Kier alpha value is -2.92. The number of aromatic nitrogens is 3. The lowest BCUT2D eigenvalue weighted by Gasteiger charge is -2.32. The first kappa shape index (κ1) is 18.1. The van der Waals surface area contributed by atoms with Crippen LogP contribution in [0.3, 0.4) is 0 Å². The standard InChI is InChI=1S/C23H21ClN4O/c1-15-5-4-12-28(14-15)21-13-19(18-6-2-3-7-20(18)25-21)23-26-22(27-29-23)16-8-10-17(24)11-9-16/h2-3,6-11,13,15H,4-5,12,14H2,1H3/t15-/m1/s1. The summed E-state index contributed by atoms with van der Waals surface area (Å²) >= 11 is 5.99. The van der Waals surface area contributed by atoms with Crippen molar-refractivity contribution in [3.8, 4) is 22.8 Å². The van der Waals surface area contributed by atoms with E-state index in [4.69, 9.17) is 21.1 Å². The molecule has 5 rings (SSSR count). The molecular formula is C23H21ClN4O. The highest BCUT2D eigenvalue weighted by molar-refractivity contribution is 6.30. The number of hydrogen-bond acceptors (Lipinski definition) is 5. The van der Waals surface area contributed by atoms with Crippen molar-refractivity contribution in [2.75, 3.05) is 18.0 Å². The van der Waals surface area contributed by atoms with Crippen molar-refractivity contribution in [3.05, 3.63) is 59.6 Å². The molecule has 4 aromatic rings. The Kier molecular flexibility index (Phi) is 4.68. The average Bonchev–Trinajstić information content (AvgIpc) is 3.23. The van der Waals surface area contributed by atoms with E-state index in [2.05, 4.69) is 28.0 Å². The summed E-state index contributed by atoms with van der Waals surface area (Å²) in [5.74, 6) is 2.68. The fourth-order valence-corrected chi connectivity index (χ4v) is 4.07. The first-order chi connectivity index (χ1) is 14.2. The van der Waals surface area contributed by atoms with E-state index in [1.54, 1.807) is 0 Å². The number of fused-ring (bicyclic) bond motifs is 1. The maximum absolute atomic E-state index is 5.99. The van der Waals surface area contributed by atoms with Crippen LogP contribution in [0, 0.1) is 5.92 Å². The van der Waals surface area contributed by atoms with Gasteiger partial charge in [0.25, 0.3) is 5.89 Å². The highest BCUT2D eigenvalue weighted by Crippen LogP contribution is 2.33. The van der Waals surface area contributed by atoms with Crippen molar-refractivity contribution in [2.24, 2.45) is 5.92 Å². The fourth-order valence-electron chi connectivity index (χ4n) is 3.95. The van der Waals surface area contributed by atoms with E-state index in [0.29, 0.717) is 22.7 Å². The summed E-state index contributed by atoms with van der Waals surface area (Å²) in [6.45, 7) is 4.34. The van der Waals surface area contributed by atoms with Gasteiger partial charge in [0.1, 0.15) is 5.82 Å². The van der Waals surface area contributed by atoms with Gasteiger partial charge in [0.15, 0.2) is 0 Å². The Balaban J connectivity index is 1.59. The predicted octanol–water partition coefficient (Wildman–Crippen LogP) is 5.84. The van der Waals surface area contributed by atoms with Gasteiger partial charge in [-0.1, -0.05) is 41.9 Å². The van der Waals surface area contributed by atoms with Crippen LogP contribution in [-0.2, 0) is 0 Å². The molecule has 3 heterocycles. The molecule has 0 spiro atoms. The number of piperidine rings is 1. The number of para-hydroxylation sites is 1. The number of rotatable bonds is 3. The van der Waals surface area contributed by atoms with Crippen LogP contribution < -0.4 is 4.90 Å². The van der Waals surface area contributed by atoms with E-state index in [1.165, 1.54) is 12.8 Å². The van der Waals surface area contributed by atoms with Crippen LogP contribution in [-0.4, -0.2) is 28.2 Å². The molecule has 1 aliphatic rings. The van der Waals surface area contributed by atoms with E-state index in [0.717, 1.165) is 40.9 Å². The number of benzene rings is 2. The molecule has 5 nitrogen and oxygen atoms in total. The highest BCUT2D eigenvalue weighted by Gasteiger charge is 2.21. The van der Waals surface area contributed by atoms with Crippen molar-refractivity contribution in [3.63, 3.8) is 0 Å². The van der Waals surface area contributed by atoms with Crippen LogP contribution in [0.2, 0.25) is 5.02 Å². The predicted molar refractivity (Wildman–Crippen MR) is 116 cm³/mol. The maximum atomic E-state index is 5.99. The van der Waals surface area contributed by atoms with E-state index in [9.17, 15) is 0 Å².